The molecule has 4 heterocycles. The number of nitrogens with zero attached hydrogens (tertiary/aromatic N) is 8. The molecule has 0 saturated carbocycles. The fraction of sp³-hybridized carbons (Fsp3) is 0.333. The summed E-state index contributed by atoms with van der Waals surface area (Å²) in [7, 11) is 9.49. The SMILES string of the molecule is C[N+](C)(CCCCCC[N+](C)(C)CCn1c2ccccc2c2nc3ccccc3nc21)CCn1c2ccccc2c2nc3ccccc3nc21.[Br-].[Br-]. The van der Waals surface area contributed by atoms with Crippen molar-refractivity contribution in [2.75, 3.05) is 54.4 Å². The van der Waals surface area contributed by atoms with Crippen molar-refractivity contribution in [2.45, 2.75) is 38.8 Å². The van der Waals surface area contributed by atoms with E-state index in [1.54, 1.807) is 0 Å². The maximum Gasteiger partial charge on any atom is 0.160 e. The van der Waals surface area contributed by atoms with Gasteiger partial charge < -0.3 is 52.1 Å². The summed E-state index contributed by atoms with van der Waals surface area (Å²) in [6.45, 7) is 6.29. The molecular formula is C42H48Br2N8. The average Bonchev–Trinajstić information content (AvgIpc) is 3.60. The minimum atomic E-state index is 0. The molecule has 0 atom stereocenters. The van der Waals surface area contributed by atoms with Gasteiger partial charge in [0.1, 0.15) is 11.0 Å². The lowest BCUT2D eigenvalue weighted by Gasteiger charge is -2.31. The van der Waals surface area contributed by atoms with Gasteiger partial charge in [0.05, 0.1) is 101 Å². The molecule has 0 saturated heterocycles. The van der Waals surface area contributed by atoms with E-state index in [2.05, 4.69) is 110 Å². The first-order valence-electron chi connectivity index (χ1n) is 18.2. The Morgan fingerprint density at radius 3 is 1.17 bits per heavy atom. The van der Waals surface area contributed by atoms with E-state index in [-0.39, 0.29) is 34.0 Å². The maximum atomic E-state index is 5.08. The Morgan fingerprint density at radius 2 is 0.769 bits per heavy atom. The van der Waals surface area contributed by atoms with E-state index in [9.17, 15) is 0 Å². The summed E-state index contributed by atoms with van der Waals surface area (Å²) in [5.41, 5.74) is 10.2. The maximum absolute atomic E-state index is 5.08. The standard InChI is InChI=1S/C42H48N8.2BrH/c1-49(2,29-25-47-37-23-13-7-17-31(37)39-41(47)45-35-21-11-9-19-33(35)43-39)27-15-5-6-16-28-50(3,4)30-26-48-38-24-14-8-18-32(38)40-42(48)46-36-22-12-10-20-34(36)44-40;;/h7-14,17-24H,5-6,15-16,25-30H2,1-4H3;2*1H/q+2;;/p-2. The Labute approximate surface area is 326 Å². The monoisotopic (exact) mass is 822 g/mol. The van der Waals surface area contributed by atoms with Gasteiger partial charge in [-0.25, -0.2) is 19.9 Å². The van der Waals surface area contributed by atoms with E-state index < -0.39 is 0 Å². The Balaban J connectivity index is 0.00000232. The first kappa shape index (κ1) is 37.8. The van der Waals surface area contributed by atoms with Crippen LogP contribution in [0.15, 0.2) is 97.1 Å². The molecule has 0 N–H and O–H groups in total. The summed E-state index contributed by atoms with van der Waals surface area (Å²) in [5.74, 6) is 0. The predicted molar refractivity (Wildman–Crippen MR) is 207 cm³/mol. The van der Waals surface area contributed by atoms with Gasteiger partial charge in [0.15, 0.2) is 11.3 Å². The first-order chi connectivity index (χ1) is 24.3. The molecule has 0 unspecified atom stereocenters. The number of hydrogen-bond donors (Lipinski definition) is 0. The number of fused-ring (bicyclic) bond motifs is 8. The molecule has 0 aliphatic rings. The van der Waals surface area contributed by atoms with Crippen LogP contribution in [0.25, 0.3) is 66.2 Å². The number of aromatic nitrogens is 6. The molecule has 8 nitrogen and oxygen atoms in total. The van der Waals surface area contributed by atoms with Gasteiger partial charge in [-0.1, -0.05) is 60.7 Å². The third kappa shape index (κ3) is 7.57. The van der Waals surface area contributed by atoms with E-state index >= 15 is 0 Å². The predicted octanol–water partition coefficient (Wildman–Crippen LogP) is 2.21. The van der Waals surface area contributed by atoms with Gasteiger partial charge in [0.2, 0.25) is 0 Å². The van der Waals surface area contributed by atoms with E-state index in [4.69, 9.17) is 19.9 Å². The molecule has 0 radical (unpaired) electrons. The van der Waals surface area contributed by atoms with Gasteiger partial charge >= 0.3 is 0 Å². The number of rotatable bonds is 13. The second-order valence-corrected chi connectivity index (χ2v) is 15.3. The van der Waals surface area contributed by atoms with Crippen molar-refractivity contribution in [3.63, 3.8) is 0 Å². The molecule has 0 fully saturated rings. The van der Waals surface area contributed by atoms with Crippen LogP contribution in [0, 0.1) is 0 Å². The fourth-order valence-corrected chi connectivity index (χ4v) is 7.62. The van der Waals surface area contributed by atoms with Gasteiger partial charge in [-0.3, -0.25) is 0 Å². The lowest BCUT2D eigenvalue weighted by Crippen LogP contribution is -3.00. The molecule has 4 aromatic heterocycles. The molecule has 0 aliphatic carbocycles. The van der Waals surface area contributed by atoms with Crippen LogP contribution < -0.4 is 34.0 Å². The molecule has 270 valence electrons. The molecule has 8 aromatic rings. The number of likely N-dealkylation sites (N-methyl/N-ethyl adjacent to an activating group) is 2. The van der Waals surface area contributed by atoms with Crippen LogP contribution in [-0.2, 0) is 13.1 Å². The van der Waals surface area contributed by atoms with Gasteiger partial charge in [0, 0.05) is 10.8 Å². The molecule has 0 spiro atoms. The van der Waals surface area contributed by atoms with E-state index in [1.165, 1.54) is 60.6 Å². The lowest BCUT2D eigenvalue weighted by atomic mass is 10.1. The summed E-state index contributed by atoms with van der Waals surface area (Å²) < 4.78 is 6.76. The van der Waals surface area contributed by atoms with Crippen LogP contribution >= 0.6 is 0 Å². The van der Waals surface area contributed by atoms with Crippen molar-refractivity contribution in [2.24, 2.45) is 0 Å². The zero-order valence-corrected chi connectivity index (χ0v) is 33.8. The fourth-order valence-electron chi connectivity index (χ4n) is 7.62. The zero-order chi connectivity index (χ0) is 34.3. The molecule has 52 heavy (non-hydrogen) atoms. The van der Waals surface area contributed by atoms with E-state index in [0.717, 1.165) is 79.5 Å². The summed E-state index contributed by atoms with van der Waals surface area (Å²) in [5, 5.41) is 2.37. The number of halogens is 2. The molecule has 0 bridgehead atoms. The number of para-hydroxylation sites is 6. The van der Waals surface area contributed by atoms with Crippen molar-refractivity contribution >= 4 is 66.2 Å². The topological polar surface area (TPSA) is 61.4 Å². The molecule has 10 heteroatoms. The second-order valence-electron chi connectivity index (χ2n) is 15.3. The van der Waals surface area contributed by atoms with Gasteiger partial charge in [-0.15, -0.1) is 0 Å². The van der Waals surface area contributed by atoms with Crippen molar-refractivity contribution in [1.29, 1.82) is 0 Å². The Bertz CT molecular complexity index is 2310. The van der Waals surface area contributed by atoms with Gasteiger partial charge in [-0.2, -0.15) is 0 Å². The molecule has 0 aliphatic heterocycles. The van der Waals surface area contributed by atoms with Gasteiger partial charge in [-0.05, 0) is 62.1 Å². The number of quaternary nitrogens is 2. The average molecular weight is 825 g/mol. The normalized spacial score (nSPS) is 12.3. The molecule has 8 rings (SSSR count). The zero-order valence-electron chi connectivity index (χ0n) is 30.6. The smallest absolute Gasteiger partial charge is 0.160 e. The first-order valence-corrected chi connectivity index (χ1v) is 18.2. The van der Waals surface area contributed by atoms with Crippen LogP contribution in [0.5, 0.6) is 0 Å². The molecular weight excluding hydrogens is 776 g/mol. The highest BCUT2D eigenvalue weighted by Crippen LogP contribution is 2.30. The highest BCUT2D eigenvalue weighted by molar-refractivity contribution is 6.07. The number of benzene rings is 4. The quantitative estimate of drug-likeness (QED) is 0.132. The van der Waals surface area contributed by atoms with Crippen LogP contribution in [0.4, 0.5) is 0 Å². The summed E-state index contributed by atoms with van der Waals surface area (Å²) in [6.07, 6.45) is 5.02. The summed E-state index contributed by atoms with van der Waals surface area (Å²) in [6, 6.07) is 33.6. The summed E-state index contributed by atoms with van der Waals surface area (Å²) >= 11 is 0. The molecule has 4 aromatic carbocycles. The van der Waals surface area contributed by atoms with Gasteiger partial charge in [0.25, 0.3) is 0 Å². The van der Waals surface area contributed by atoms with Crippen LogP contribution in [-0.4, -0.2) is 92.4 Å². The Hall–Kier alpha value is -3.96. The second kappa shape index (κ2) is 15.6. The van der Waals surface area contributed by atoms with Crippen LogP contribution in [0.1, 0.15) is 25.7 Å². The minimum absolute atomic E-state index is 0. The van der Waals surface area contributed by atoms with Crippen molar-refractivity contribution in [3.05, 3.63) is 97.1 Å². The van der Waals surface area contributed by atoms with E-state index in [1.807, 2.05) is 24.3 Å². The minimum Gasteiger partial charge on any atom is -1.00 e. The van der Waals surface area contributed by atoms with Crippen molar-refractivity contribution < 1.29 is 42.9 Å². The Kier molecular flexibility index (Phi) is 11.3. The van der Waals surface area contributed by atoms with Crippen LogP contribution in [0.3, 0.4) is 0 Å². The van der Waals surface area contributed by atoms with Crippen LogP contribution in [0.2, 0.25) is 0 Å². The van der Waals surface area contributed by atoms with Crippen molar-refractivity contribution in [1.82, 2.24) is 29.1 Å². The lowest BCUT2D eigenvalue weighted by molar-refractivity contribution is -0.891. The van der Waals surface area contributed by atoms with Crippen molar-refractivity contribution in [3.8, 4) is 0 Å². The highest BCUT2D eigenvalue weighted by atomic mass is 79.9. The number of unbranched alkanes of at least 4 members (excludes halogenated alkanes) is 3. The van der Waals surface area contributed by atoms with E-state index in [0.29, 0.717) is 0 Å². The summed E-state index contributed by atoms with van der Waals surface area (Å²) in [4.78, 5) is 20.2. The largest absolute Gasteiger partial charge is 1.00 e. The highest BCUT2D eigenvalue weighted by Gasteiger charge is 2.21. The Morgan fingerprint density at radius 1 is 0.423 bits per heavy atom. The molecule has 0 amide bonds. The third-order valence-electron chi connectivity index (χ3n) is 10.7. The number of hydrogen-bond acceptors (Lipinski definition) is 4. The third-order valence-corrected chi connectivity index (χ3v) is 10.7.